The van der Waals surface area contributed by atoms with Crippen LogP contribution in [0.3, 0.4) is 0 Å². The van der Waals surface area contributed by atoms with Gasteiger partial charge in [-0.2, -0.15) is 0 Å². The topological polar surface area (TPSA) is 66.8 Å². The van der Waals surface area contributed by atoms with Gasteiger partial charge in [0.2, 0.25) is 0 Å². The number of ether oxygens (including phenoxy) is 1. The van der Waals surface area contributed by atoms with E-state index in [1.54, 1.807) is 39.5 Å². The summed E-state index contributed by atoms with van der Waals surface area (Å²) in [5, 5.41) is 9.17. The van der Waals surface area contributed by atoms with Crippen LogP contribution in [0.2, 0.25) is 0 Å². The third kappa shape index (κ3) is 3.22. The average molecular weight is 257 g/mol. The second kappa shape index (κ2) is 4.88. The lowest BCUT2D eigenvalue weighted by Gasteiger charge is -2.37. The summed E-state index contributed by atoms with van der Waals surface area (Å²) in [6.07, 6.45) is 1.38. The van der Waals surface area contributed by atoms with Crippen molar-refractivity contribution in [1.29, 1.82) is 0 Å². The fourth-order valence-electron chi connectivity index (χ4n) is 2.21. The smallest absolute Gasteiger partial charge is 0.326 e. The van der Waals surface area contributed by atoms with Crippen LogP contribution in [0.15, 0.2) is 0 Å². The van der Waals surface area contributed by atoms with Crippen LogP contribution < -0.4 is 0 Å². The van der Waals surface area contributed by atoms with Gasteiger partial charge in [-0.05, 0) is 47.5 Å². The summed E-state index contributed by atoms with van der Waals surface area (Å²) in [6, 6.07) is -0.590. The van der Waals surface area contributed by atoms with Gasteiger partial charge in [0.15, 0.2) is 0 Å². The SMILES string of the molecule is CC(C)(C)OC(=O)C(C)(C)N1CCC[C@@H]1C(=O)O. The molecule has 0 aromatic carbocycles. The number of rotatable bonds is 3. The molecule has 0 aliphatic carbocycles. The van der Waals surface area contributed by atoms with E-state index >= 15 is 0 Å². The van der Waals surface area contributed by atoms with Gasteiger partial charge in [-0.25, -0.2) is 0 Å². The zero-order chi connectivity index (χ0) is 14.1. The van der Waals surface area contributed by atoms with Crippen molar-refractivity contribution in [2.24, 2.45) is 0 Å². The zero-order valence-electron chi connectivity index (χ0n) is 11.8. The first-order chi connectivity index (χ1) is 8.05. The molecule has 18 heavy (non-hydrogen) atoms. The largest absolute Gasteiger partial charge is 0.480 e. The summed E-state index contributed by atoms with van der Waals surface area (Å²) in [7, 11) is 0. The van der Waals surface area contributed by atoms with Crippen molar-refractivity contribution in [1.82, 2.24) is 4.90 Å². The highest BCUT2D eigenvalue weighted by atomic mass is 16.6. The fraction of sp³-hybridized carbons (Fsp3) is 0.846. The van der Waals surface area contributed by atoms with E-state index in [2.05, 4.69) is 0 Å². The van der Waals surface area contributed by atoms with Gasteiger partial charge >= 0.3 is 11.9 Å². The molecule has 1 fully saturated rings. The van der Waals surface area contributed by atoms with Crippen LogP contribution in [0.5, 0.6) is 0 Å². The first-order valence-electron chi connectivity index (χ1n) is 6.29. The molecular weight excluding hydrogens is 234 g/mol. The number of hydrogen-bond donors (Lipinski definition) is 1. The Morgan fingerprint density at radius 1 is 1.22 bits per heavy atom. The van der Waals surface area contributed by atoms with E-state index in [0.717, 1.165) is 6.42 Å². The van der Waals surface area contributed by atoms with Crippen LogP contribution >= 0.6 is 0 Å². The second-order valence-corrected chi connectivity index (χ2v) is 6.25. The molecule has 1 saturated heterocycles. The Bertz CT molecular complexity index is 343. The van der Waals surface area contributed by atoms with Gasteiger partial charge in [-0.15, -0.1) is 0 Å². The van der Waals surface area contributed by atoms with Crippen LogP contribution in [0.1, 0.15) is 47.5 Å². The lowest BCUT2D eigenvalue weighted by Crippen LogP contribution is -2.56. The molecule has 0 bridgehead atoms. The highest BCUT2D eigenvalue weighted by molar-refractivity contribution is 5.82. The molecule has 0 aromatic heterocycles. The molecule has 0 unspecified atom stereocenters. The zero-order valence-corrected chi connectivity index (χ0v) is 11.8. The minimum atomic E-state index is -0.910. The maximum Gasteiger partial charge on any atom is 0.326 e. The molecule has 0 saturated carbocycles. The molecule has 5 nitrogen and oxygen atoms in total. The fourth-order valence-corrected chi connectivity index (χ4v) is 2.21. The maximum absolute atomic E-state index is 12.2. The number of esters is 1. The summed E-state index contributed by atoms with van der Waals surface area (Å²) in [5.41, 5.74) is -1.47. The summed E-state index contributed by atoms with van der Waals surface area (Å²) in [5.74, 6) is -1.24. The van der Waals surface area contributed by atoms with E-state index in [0.29, 0.717) is 13.0 Å². The predicted molar refractivity (Wildman–Crippen MR) is 67.3 cm³/mol. The van der Waals surface area contributed by atoms with Crippen LogP contribution in [0.4, 0.5) is 0 Å². The number of aliphatic carboxylic acids is 1. The molecule has 0 aromatic rings. The summed E-state index contributed by atoms with van der Waals surface area (Å²) >= 11 is 0. The van der Waals surface area contributed by atoms with E-state index in [-0.39, 0.29) is 5.97 Å². The molecule has 5 heteroatoms. The normalized spacial score (nSPS) is 21.9. The number of hydrogen-bond acceptors (Lipinski definition) is 4. The molecule has 1 heterocycles. The van der Waals surface area contributed by atoms with Gasteiger partial charge < -0.3 is 9.84 Å². The van der Waals surface area contributed by atoms with Gasteiger partial charge in [0.25, 0.3) is 0 Å². The lowest BCUT2D eigenvalue weighted by molar-refractivity contribution is -0.170. The van der Waals surface area contributed by atoms with Gasteiger partial charge in [0.05, 0.1) is 0 Å². The van der Waals surface area contributed by atoms with Gasteiger partial charge in [-0.1, -0.05) is 0 Å². The third-order valence-electron chi connectivity index (χ3n) is 3.15. The van der Waals surface area contributed by atoms with E-state index < -0.39 is 23.2 Å². The van der Waals surface area contributed by atoms with Crippen molar-refractivity contribution in [2.75, 3.05) is 6.54 Å². The standard InChI is InChI=1S/C13H23NO4/c1-12(2,3)18-11(17)13(4,5)14-8-6-7-9(14)10(15)16/h9H,6-8H2,1-5H3,(H,15,16)/t9-/m1/s1. The molecule has 1 atom stereocenters. The quantitative estimate of drug-likeness (QED) is 0.779. The summed E-state index contributed by atoms with van der Waals surface area (Å²) in [6.45, 7) is 9.48. The Morgan fingerprint density at radius 2 is 1.78 bits per heavy atom. The first kappa shape index (κ1) is 15.0. The van der Waals surface area contributed by atoms with Crippen molar-refractivity contribution < 1.29 is 19.4 Å². The predicted octanol–water partition coefficient (Wildman–Crippen LogP) is 1.66. The highest BCUT2D eigenvalue weighted by Crippen LogP contribution is 2.29. The molecule has 1 rings (SSSR count). The van der Waals surface area contributed by atoms with E-state index in [1.165, 1.54) is 0 Å². The molecular formula is C13H23NO4. The van der Waals surface area contributed by atoms with Crippen molar-refractivity contribution in [3.63, 3.8) is 0 Å². The number of likely N-dealkylation sites (tertiary alicyclic amines) is 1. The van der Waals surface area contributed by atoms with E-state index in [9.17, 15) is 9.59 Å². The Balaban J connectivity index is 2.85. The Hall–Kier alpha value is -1.10. The molecule has 0 amide bonds. The van der Waals surface area contributed by atoms with Crippen LogP contribution in [-0.4, -0.2) is 45.7 Å². The second-order valence-electron chi connectivity index (χ2n) is 6.25. The number of carboxylic acid groups (broad SMARTS) is 1. The van der Waals surface area contributed by atoms with Gasteiger partial charge in [0, 0.05) is 6.54 Å². The number of carboxylic acids is 1. The Labute approximate surface area is 108 Å². The monoisotopic (exact) mass is 257 g/mol. The number of carbonyl (C=O) groups excluding carboxylic acids is 1. The summed E-state index contributed by atoms with van der Waals surface area (Å²) in [4.78, 5) is 25.1. The van der Waals surface area contributed by atoms with Gasteiger partial charge in [-0.3, -0.25) is 14.5 Å². The molecule has 1 N–H and O–H groups in total. The number of nitrogens with zero attached hydrogens (tertiary/aromatic N) is 1. The van der Waals surface area contributed by atoms with Crippen LogP contribution in [0, 0.1) is 0 Å². The van der Waals surface area contributed by atoms with Crippen molar-refractivity contribution in [3.05, 3.63) is 0 Å². The maximum atomic E-state index is 12.2. The van der Waals surface area contributed by atoms with Crippen LogP contribution in [0.25, 0.3) is 0 Å². The molecule has 1 aliphatic rings. The minimum absolute atomic E-state index is 0.372. The number of carbonyl (C=O) groups is 2. The third-order valence-corrected chi connectivity index (χ3v) is 3.15. The van der Waals surface area contributed by atoms with Crippen molar-refractivity contribution >= 4 is 11.9 Å². The Kier molecular flexibility index (Phi) is 4.05. The molecule has 104 valence electrons. The highest BCUT2D eigenvalue weighted by Gasteiger charge is 2.45. The van der Waals surface area contributed by atoms with E-state index in [1.807, 2.05) is 0 Å². The lowest BCUT2D eigenvalue weighted by atomic mass is 10.0. The average Bonchev–Trinajstić information content (AvgIpc) is 2.63. The first-order valence-corrected chi connectivity index (χ1v) is 6.29. The molecule has 0 spiro atoms. The minimum Gasteiger partial charge on any atom is -0.480 e. The Morgan fingerprint density at radius 3 is 2.22 bits per heavy atom. The van der Waals surface area contributed by atoms with Crippen molar-refractivity contribution in [2.45, 2.75) is 64.6 Å². The summed E-state index contributed by atoms with van der Waals surface area (Å²) < 4.78 is 5.37. The van der Waals surface area contributed by atoms with Crippen molar-refractivity contribution in [3.8, 4) is 0 Å². The molecule has 1 aliphatic heterocycles. The van der Waals surface area contributed by atoms with E-state index in [4.69, 9.17) is 9.84 Å². The van der Waals surface area contributed by atoms with Gasteiger partial charge in [0.1, 0.15) is 17.2 Å². The van der Waals surface area contributed by atoms with Crippen LogP contribution in [-0.2, 0) is 14.3 Å². The molecule has 0 radical (unpaired) electrons.